The van der Waals surface area contributed by atoms with Gasteiger partial charge in [-0.15, -0.1) is 0 Å². The lowest BCUT2D eigenvalue weighted by Crippen LogP contribution is -2.21. The van der Waals surface area contributed by atoms with E-state index < -0.39 is 11.2 Å². The Hall–Kier alpha value is -0.660. The van der Waals surface area contributed by atoms with E-state index in [1.807, 2.05) is 0 Å². The molecular formula is C7H10N2O3S2. The first-order valence-electron chi connectivity index (χ1n) is 3.82. The molecule has 0 amide bonds. The van der Waals surface area contributed by atoms with Crippen molar-refractivity contribution in [1.29, 1.82) is 0 Å². The van der Waals surface area contributed by atoms with Gasteiger partial charge in [0.1, 0.15) is 11.1 Å². The maximum Gasteiger partial charge on any atom is 0.319 e. The zero-order valence-corrected chi connectivity index (χ0v) is 9.39. The summed E-state index contributed by atoms with van der Waals surface area (Å²) in [6.45, 7) is 1.94. The fourth-order valence-corrected chi connectivity index (χ4v) is 2.54. The summed E-state index contributed by atoms with van der Waals surface area (Å²) in [5.41, 5.74) is 0. The number of carboxylic acid groups (broad SMARTS) is 1. The molecule has 0 aliphatic rings. The summed E-state index contributed by atoms with van der Waals surface area (Å²) in [4.78, 5) is 14.8. The van der Waals surface area contributed by atoms with Gasteiger partial charge in [0.05, 0.1) is 6.61 Å². The highest BCUT2D eigenvalue weighted by Gasteiger charge is 2.20. The van der Waals surface area contributed by atoms with E-state index in [4.69, 9.17) is 9.84 Å². The smallest absolute Gasteiger partial charge is 0.319 e. The fourth-order valence-electron chi connectivity index (χ4n) is 0.755. The highest BCUT2D eigenvalue weighted by molar-refractivity contribution is 8.02. The lowest BCUT2D eigenvalue weighted by molar-refractivity contribution is -0.137. The van der Waals surface area contributed by atoms with Crippen molar-refractivity contribution in [1.82, 2.24) is 9.36 Å². The SMILES string of the molecule is COCC(Sc1nc(C)ns1)C(=O)O. The summed E-state index contributed by atoms with van der Waals surface area (Å²) < 4.78 is 9.42. The summed E-state index contributed by atoms with van der Waals surface area (Å²) >= 11 is 2.37. The molecule has 1 N–H and O–H groups in total. The molecule has 5 nitrogen and oxygen atoms in total. The molecule has 1 atom stereocenters. The maximum atomic E-state index is 10.8. The van der Waals surface area contributed by atoms with Crippen LogP contribution in [0.5, 0.6) is 0 Å². The average molecular weight is 234 g/mol. The molecule has 1 heterocycles. The minimum Gasteiger partial charge on any atom is -0.480 e. The minimum absolute atomic E-state index is 0.165. The molecule has 0 spiro atoms. The zero-order valence-electron chi connectivity index (χ0n) is 7.76. The molecule has 0 saturated carbocycles. The third-order valence-corrected chi connectivity index (χ3v) is 3.38. The summed E-state index contributed by atoms with van der Waals surface area (Å²) in [7, 11) is 1.47. The van der Waals surface area contributed by atoms with Crippen LogP contribution >= 0.6 is 23.3 Å². The number of rotatable bonds is 5. The third kappa shape index (κ3) is 3.24. The molecule has 0 aliphatic heterocycles. The van der Waals surface area contributed by atoms with Gasteiger partial charge in [-0.2, -0.15) is 4.37 Å². The number of thioether (sulfide) groups is 1. The lowest BCUT2D eigenvalue weighted by Gasteiger charge is -2.07. The van der Waals surface area contributed by atoms with Gasteiger partial charge in [-0.25, -0.2) is 4.98 Å². The minimum atomic E-state index is -0.898. The predicted octanol–water partition coefficient (Wildman–Crippen LogP) is 1.04. The molecule has 0 saturated heterocycles. The number of ether oxygens (including phenoxy) is 1. The molecule has 0 aromatic carbocycles. The monoisotopic (exact) mass is 234 g/mol. The van der Waals surface area contributed by atoms with Gasteiger partial charge >= 0.3 is 5.97 Å². The van der Waals surface area contributed by atoms with Gasteiger partial charge in [0, 0.05) is 7.11 Å². The summed E-state index contributed by atoms with van der Waals surface area (Å²) in [5.74, 6) is -0.233. The first-order valence-corrected chi connectivity index (χ1v) is 5.47. The van der Waals surface area contributed by atoms with Crippen molar-refractivity contribution in [3.63, 3.8) is 0 Å². The highest BCUT2D eigenvalue weighted by Crippen LogP contribution is 2.25. The van der Waals surface area contributed by atoms with Crippen molar-refractivity contribution >= 4 is 29.3 Å². The van der Waals surface area contributed by atoms with E-state index in [0.29, 0.717) is 10.2 Å². The van der Waals surface area contributed by atoms with Gasteiger partial charge in [0.15, 0.2) is 4.34 Å². The molecule has 1 unspecified atom stereocenters. The number of hydrogen-bond donors (Lipinski definition) is 1. The van der Waals surface area contributed by atoms with Crippen LogP contribution in [0.1, 0.15) is 5.82 Å². The summed E-state index contributed by atoms with van der Waals surface area (Å²) in [5, 5.41) is 8.21. The van der Waals surface area contributed by atoms with Crippen LogP contribution in [0, 0.1) is 6.92 Å². The Morgan fingerprint density at radius 3 is 2.93 bits per heavy atom. The average Bonchev–Trinajstić information content (AvgIpc) is 2.50. The van der Waals surface area contributed by atoms with E-state index in [1.54, 1.807) is 6.92 Å². The summed E-state index contributed by atoms with van der Waals surface area (Å²) in [6.07, 6.45) is 0. The molecule has 78 valence electrons. The molecule has 0 fully saturated rings. The molecule has 7 heteroatoms. The topological polar surface area (TPSA) is 72.3 Å². The second-order valence-corrected chi connectivity index (χ2v) is 4.71. The molecule has 0 radical (unpaired) electrons. The Labute approximate surface area is 89.7 Å². The van der Waals surface area contributed by atoms with Gasteiger partial charge < -0.3 is 9.84 Å². The largest absolute Gasteiger partial charge is 0.480 e. The van der Waals surface area contributed by atoms with Gasteiger partial charge in [0.2, 0.25) is 0 Å². The van der Waals surface area contributed by atoms with Crippen LogP contribution in [-0.4, -0.2) is 39.4 Å². The van der Waals surface area contributed by atoms with Gasteiger partial charge in [-0.3, -0.25) is 4.79 Å². The third-order valence-electron chi connectivity index (χ3n) is 1.35. The second kappa shape index (κ2) is 5.28. The van der Waals surface area contributed by atoms with E-state index in [0.717, 1.165) is 11.8 Å². The number of carboxylic acids is 1. The second-order valence-electron chi connectivity index (χ2n) is 2.51. The molecule has 14 heavy (non-hydrogen) atoms. The zero-order chi connectivity index (χ0) is 10.6. The quantitative estimate of drug-likeness (QED) is 0.767. The van der Waals surface area contributed by atoms with Gasteiger partial charge in [-0.1, -0.05) is 11.8 Å². The number of aromatic nitrogens is 2. The first-order chi connectivity index (χ1) is 6.63. The van der Waals surface area contributed by atoms with E-state index >= 15 is 0 Å². The van der Waals surface area contributed by atoms with Crippen molar-refractivity contribution in [3.8, 4) is 0 Å². The van der Waals surface area contributed by atoms with Crippen molar-refractivity contribution < 1.29 is 14.6 Å². The normalized spacial score (nSPS) is 12.7. The first kappa shape index (κ1) is 11.4. The number of methoxy groups -OCH3 is 1. The van der Waals surface area contributed by atoms with Crippen LogP contribution in [0.4, 0.5) is 0 Å². The molecule has 0 bridgehead atoms. The Morgan fingerprint density at radius 1 is 1.79 bits per heavy atom. The Bertz CT molecular complexity index is 316. The Kier molecular flexibility index (Phi) is 4.30. The van der Waals surface area contributed by atoms with Gasteiger partial charge in [0.25, 0.3) is 0 Å². The number of aryl methyl sites for hydroxylation is 1. The highest BCUT2D eigenvalue weighted by atomic mass is 32.2. The number of carbonyl (C=O) groups is 1. The van der Waals surface area contributed by atoms with E-state index in [-0.39, 0.29) is 6.61 Å². The lowest BCUT2D eigenvalue weighted by atomic mass is 10.5. The molecule has 1 aromatic heterocycles. The van der Waals surface area contributed by atoms with Crippen LogP contribution in [0.25, 0.3) is 0 Å². The Morgan fingerprint density at radius 2 is 2.50 bits per heavy atom. The van der Waals surface area contributed by atoms with E-state index in [9.17, 15) is 4.79 Å². The maximum absolute atomic E-state index is 10.8. The van der Waals surface area contributed by atoms with E-state index in [1.165, 1.54) is 18.6 Å². The van der Waals surface area contributed by atoms with Crippen molar-refractivity contribution in [2.24, 2.45) is 0 Å². The Balaban J connectivity index is 2.59. The summed E-state index contributed by atoms with van der Waals surface area (Å²) in [6, 6.07) is 0. The number of nitrogens with zero attached hydrogens (tertiary/aromatic N) is 2. The number of hydrogen-bond acceptors (Lipinski definition) is 6. The van der Waals surface area contributed by atoms with Crippen LogP contribution in [0.15, 0.2) is 4.34 Å². The van der Waals surface area contributed by atoms with E-state index in [2.05, 4.69) is 9.36 Å². The number of aliphatic carboxylic acids is 1. The molecular weight excluding hydrogens is 224 g/mol. The van der Waals surface area contributed by atoms with Crippen LogP contribution < -0.4 is 0 Å². The van der Waals surface area contributed by atoms with Crippen molar-refractivity contribution in [2.45, 2.75) is 16.5 Å². The fraction of sp³-hybridized carbons (Fsp3) is 0.571. The van der Waals surface area contributed by atoms with Crippen molar-refractivity contribution in [2.75, 3.05) is 13.7 Å². The predicted molar refractivity (Wildman–Crippen MR) is 53.8 cm³/mol. The van der Waals surface area contributed by atoms with Crippen LogP contribution in [0.2, 0.25) is 0 Å². The van der Waals surface area contributed by atoms with Gasteiger partial charge in [-0.05, 0) is 18.5 Å². The van der Waals surface area contributed by atoms with Crippen LogP contribution in [-0.2, 0) is 9.53 Å². The van der Waals surface area contributed by atoms with Crippen molar-refractivity contribution in [3.05, 3.63) is 5.82 Å². The molecule has 1 aromatic rings. The standard InChI is InChI=1S/C7H10N2O3S2/c1-4-8-7(14-9-4)13-5(3-12-2)6(10)11/h5H,3H2,1-2H3,(H,10,11). The molecule has 1 rings (SSSR count). The molecule has 0 aliphatic carbocycles. The van der Waals surface area contributed by atoms with Crippen LogP contribution in [0.3, 0.4) is 0 Å².